The van der Waals surface area contributed by atoms with Gasteiger partial charge in [0.15, 0.2) is 5.82 Å². The van der Waals surface area contributed by atoms with Crippen LogP contribution in [0.3, 0.4) is 0 Å². The number of aryl methyl sites for hydroxylation is 2. The Morgan fingerprint density at radius 2 is 2.10 bits per heavy atom. The molecular weight excluding hydrogens is 295 g/mol. The van der Waals surface area contributed by atoms with Crippen molar-refractivity contribution in [3.05, 3.63) is 45.7 Å². The van der Waals surface area contributed by atoms with Gasteiger partial charge < -0.3 is 0 Å². The van der Waals surface area contributed by atoms with Crippen LogP contribution in [-0.4, -0.2) is 9.97 Å². The van der Waals surface area contributed by atoms with E-state index < -0.39 is 0 Å². The predicted octanol–water partition coefficient (Wildman–Crippen LogP) is 5.02. The van der Waals surface area contributed by atoms with Crippen molar-refractivity contribution in [3.63, 3.8) is 0 Å². The van der Waals surface area contributed by atoms with E-state index in [1.54, 1.807) is 36.5 Å². The zero-order valence-corrected chi connectivity index (χ0v) is 12.6. The highest BCUT2D eigenvalue weighted by molar-refractivity contribution is 7.18. The molecule has 0 radical (unpaired) electrons. The van der Waals surface area contributed by atoms with Crippen molar-refractivity contribution in [1.82, 2.24) is 9.97 Å². The molecule has 20 heavy (non-hydrogen) atoms. The van der Waals surface area contributed by atoms with Crippen LogP contribution in [-0.2, 0) is 6.42 Å². The summed E-state index contributed by atoms with van der Waals surface area (Å²) in [5.74, 6) is 0.0448. The van der Waals surface area contributed by atoms with E-state index in [-0.39, 0.29) is 5.82 Å². The first-order valence-electron chi connectivity index (χ1n) is 6.31. The molecule has 1 aromatic carbocycles. The summed E-state index contributed by atoms with van der Waals surface area (Å²) in [4.78, 5) is 10.7. The lowest BCUT2D eigenvalue weighted by Gasteiger charge is -2.05. The normalized spacial score (nSPS) is 11.2. The van der Waals surface area contributed by atoms with Crippen LogP contribution in [0.2, 0.25) is 5.15 Å². The van der Waals surface area contributed by atoms with Gasteiger partial charge in [-0.1, -0.05) is 30.7 Å². The fourth-order valence-electron chi connectivity index (χ4n) is 2.05. The molecule has 2 heterocycles. The molecule has 0 aliphatic heterocycles. The van der Waals surface area contributed by atoms with Crippen LogP contribution in [0, 0.1) is 12.7 Å². The van der Waals surface area contributed by atoms with E-state index in [0.29, 0.717) is 22.1 Å². The third-order valence-corrected chi connectivity index (χ3v) is 4.64. The second kappa shape index (κ2) is 5.11. The molecule has 0 bridgehead atoms. The molecule has 0 unspecified atom stereocenters. The van der Waals surface area contributed by atoms with Gasteiger partial charge in [-0.05, 0) is 31.0 Å². The second-order valence-corrected chi connectivity index (χ2v) is 6.03. The Kier molecular flexibility index (Phi) is 3.44. The summed E-state index contributed by atoms with van der Waals surface area (Å²) in [5, 5.41) is 1.21. The van der Waals surface area contributed by atoms with E-state index in [1.807, 2.05) is 6.07 Å². The highest BCUT2D eigenvalue weighted by atomic mass is 35.5. The van der Waals surface area contributed by atoms with Crippen LogP contribution in [0.4, 0.5) is 4.39 Å². The summed E-state index contributed by atoms with van der Waals surface area (Å²) >= 11 is 7.78. The number of aromatic nitrogens is 2. The molecule has 0 N–H and O–H groups in total. The minimum atomic E-state index is -0.296. The van der Waals surface area contributed by atoms with Gasteiger partial charge in [-0.25, -0.2) is 14.4 Å². The predicted molar refractivity (Wildman–Crippen MR) is 81.9 cm³/mol. The molecule has 102 valence electrons. The first-order chi connectivity index (χ1) is 9.60. The smallest absolute Gasteiger partial charge is 0.165 e. The van der Waals surface area contributed by atoms with Gasteiger partial charge in [0, 0.05) is 10.3 Å². The molecule has 0 atom stereocenters. The topological polar surface area (TPSA) is 25.8 Å². The van der Waals surface area contributed by atoms with Crippen LogP contribution < -0.4 is 0 Å². The number of halogens is 2. The Morgan fingerprint density at radius 1 is 1.30 bits per heavy atom. The minimum absolute atomic E-state index is 0.296. The Bertz CT molecular complexity index is 798. The third-order valence-electron chi connectivity index (χ3n) is 3.18. The number of nitrogens with zero attached hydrogens (tertiary/aromatic N) is 2. The summed E-state index contributed by atoms with van der Waals surface area (Å²) in [6.45, 7) is 3.80. The number of benzene rings is 1. The third kappa shape index (κ3) is 2.19. The summed E-state index contributed by atoms with van der Waals surface area (Å²) in [7, 11) is 0. The van der Waals surface area contributed by atoms with Crippen molar-refractivity contribution >= 4 is 33.2 Å². The van der Waals surface area contributed by atoms with Gasteiger partial charge >= 0.3 is 0 Å². The molecule has 0 amide bonds. The average Bonchev–Trinajstić information content (AvgIpc) is 2.85. The van der Waals surface area contributed by atoms with E-state index in [2.05, 4.69) is 16.9 Å². The first-order valence-corrected chi connectivity index (χ1v) is 7.51. The molecule has 0 aliphatic carbocycles. The van der Waals surface area contributed by atoms with Gasteiger partial charge in [0.1, 0.15) is 15.8 Å². The molecule has 5 heteroatoms. The maximum absolute atomic E-state index is 14.2. The Hall–Kier alpha value is -1.52. The lowest BCUT2D eigenvalue weighted by molar-refractivity contribution is 0.621. The van der Waals surface area contributed by atoms with Crippen molar-refractivity contribution in [3.8, 4) is 11.4 Å². The Labute approximate surface area is 125 Å². The quantitative estimate of drug-likeness (QED) is 0.621. The fourth-order valence-corrected chi connectivity index (χ4v) is 3.30. The number of hydrogen-bond donors (Lipinski definition) is 0. The lowest BCUT2D eigenvalue weighted by Crippen LogP contribution is -1.94. The number of rotatable bonds is 2. The minimum Gasteiger partial charge on any atom is -0.217 e. The van der Waals surface area contributed by atoms with Crippen LogP contribution in [0.15, 0.2) is 24.3 Å². The largest absolute Gasteiger partial charge is 0.217 e. The van der Waals surface area contributed by atoms with Crippen molar-refractivity contribution in [2.24, 2.45) is 0 Å². The molecule has 0 aliphatic rings. The van der Waals surface area contributed by atoms with Gasteiger partial charge in [-0.2, -0.15) is 0 Å². The number of fused-ring (bicyclic) bond motifs is 1. The van der Waals surface area contributed by atoms with Crippen molar-refractivity contribution in [2.75, 3.05) is 0 Å². The van der Waals surface area contributed by atoms with E-state index >= 15 is 0 Å². The van der Waals surface area contributed by atoms with E-state index in [9.17, 15) is 4.39 Å². The van der Waals surface area contributed by atoms with Crippen LogP contribution in [0.1, 0.15) is 17.4 Å². The second-order valence-electron chi connectivity index (χ2n) is 4.56. The van der Waals surface area contributed by atoms with E-state index in [1.165, 1.54) is 4.88 Å². The summed E-state index contributed by atoms with van der Waals surface area (Å²) in [6, 6.07) is 7.19. The van der Waals surface area contributed by atoms with Crippen molar-refractivity contribution in [1.29, 1.82) is 0 Å². The molecule has 0 saturated carbocycles. The molecule has 3 aromatic rings. The van der Waals surface area contributed by atoms with Gasteiger partial charge in [-0.3, -0.25) is 0 Å². The maximum atomic E-state index is 14.2. The van der Waals surface area contributed by atoms with E-state index in [0.717, 1.165) is 16.6 Å². The Morgan fingerprint density at radius 3 is 2.85 bits per heavy atom. The summed E-state index contributed by atoms with van der Waals surface area (Å²) < 4.78 is 14.2. The zero-order chi connectivity index (χ0) is 14.3. The molecule has 0 spiro atoms. The standard InChI is InChI=1S/C15H12ClFN2S/c1-3-9-7-11-13(16)18-14(19-15(11)20-9)10-6-4-5-8(2)12(10)17/h4-7H,3H2,1-2H3. The molecular formula is C15H12ClFN2S. The van der Waals surface area contributed by atoms with E-state index in [4.69, 9.17) is 11.6 Å². The first kappa shape index (κ1) is 13.5. The van der Waals surface area contributed by atoms with Gasteiger partial charge in [-0.15, -0.1) is 11.3 Å². The van der Waals surface area contributed by atoms with Gasteiger partial charge in [0.25, 0.3) is 0 Å². The van der Waals surface area contributed by atoms with Crippen LogP contribution in [0.25, 0.3) is 21.6 Å². The average molecular weight is 307 g/mol. The van der Waals surface area contributed by atoms with Crippen LogP contribution >= 0.6 is 22.9 Å². The summed E-state index contributed by atoms with van der Waals surface area (Å²) in [5.41, 5.74) is 0.961. The number of hydrogen-bond acceptors (Lipinski definition) is 3. The van der Waals surface area contributed by atoms with Crippen LogP contribution in [0.5, 0.6) is 0 Å². The molecule has 0 fully saturated rings. The monoisotopic (exact) mass is 306 g/mol. The SMILES string of the molecule is CCc1cc2c(Cl)nc(-c3cccc(C)c3F)nc2s1. The van der Waals surface area contributed by atoms with Crippen molar-refractivity contribution in [2.45, 2.75) is 20.3 Å². The zero-order valence-electron chi connectivity index (χ0n) is 11.1. The molecule has 3 rings (SSSR count). The molecule has 0 saturated heterocycles. The number of thiophene rings is 1. The maximum Gasteiger partial charge on any atom is 0.165 e. The Balaban J connectivity index is 2.24. The van der Waals surface area contributed by atoms with Gasteiger partial charge in [0.05, 0.1) is 5.56 Å². The molecule has 2 aromatic heterocycles. The van der Waals surface area contributed by atoms with Crippen molar-refractivity contribution < 1.29 is 4.39 Å². The van der Waals surface area contributed by atoms with Gasteiger partial charge in [0.2, 0.25) is 0 Å². The molecule has 2 nitrogen and oxygen atoms in total. The summed E-state index contributed by atoms with van der Waals surface area (Å²) in [6.07, 6.45) is 0.922. The highest BCUT2D eigenvalue weighted by Crippen LogP contribution is 2.32. The fraction of sp³-hybridized carbons (Fsp3) is 0.200. The lowest BCUT2D eigenvalue weighted by atomic mass is 10.1. The highest BCUT2D eigenvalue weighted by Gasteiger charge is 2.14.